The van der Waals surface area contributed by atoms with E-state index in [0.717, 1.165) is 0 Å². The predicted octanol–water partition coefficient (Wildman–Crippen LogP) is -4.26. The Bertz CT molecular complexity index is 16.4. The minimum absolute atomic E-state index is 0. The van der Waals surface area contributed by atoms with E-state index in [9.17, 15) is 0 Å². The van der Waals surface area contributed by atoms with Crippen molar-refractivity contribution in [2.75, 3.05) is 6.61 Å². The van der Waals surface area contributed by atoms with E-state index in [1.165, 1.54) is 36.4 Å². The standard InChI is InChI=1S/C2H6O.ClH.Gd.6H2O/c1-2-3;;;;;;;;/h3H,2H2,1H3;1H;;6*1H2/q;;+1;;;;;;/p-1. The Morgan fingerprint density at radius 2 is 0.909 bits per heavy atom. The van der Waals surface area contributed by atoms with Crippen LogP contribution >= 0.6 is 5.97 Å². The number of halogens is 1. The van der Waals surface area contributed by atoms with E-state index in [2.05, 4.69) is 5.97 Å². The molecule has 0 aliphatic heterocycles. The van der Waals surface area contributed by atoms with Crippen LogP contribution in [-0.2, 0) is 0 Å². The van der Waals surface area contributed by atoms with Gasteiger partial charge in [0.05, 0.1) is 0 Å². The average molecular weight is 347 g/mol. The Kier molecular flexibility index (Phi) is 1700. The van der Waals surface area contributed by atoms with Gasteiger partial charge in [0.1, 0.15) is 0 Å². The van der Waals surface area contributed by atoms with Crippen LogP contribution < -0.4 is 0 Å². The Balaban J connectivity index is -0.00000000181. The van der Waals surface area contributed by atoms with Gasteiger partial charge in [-0.1, -0.05) is 0 Å². The summed E-state index contributed by atoms with van der Waals surface area (Å²) in [6.07, 6.45) is 0. The van der Waals surface area contributed by atoms with Crippen molar-refractivity contribution in [1.82, 2.24) is 0 Å². The van der Waals surface area contributed by atoms with Crippen LogP contribution in [0.25, 0.3) is 0 Å². The number of aliphatic hydroxyl groups excluding tert-OH is 1. The monoisotopic (exact) mass is 347 g/mol. The fourth-order valence-corrected chi connectivity index (χ4v) is 0. The molecule has 0 rings (SSSR count). The Morgan fingerprint density at radius 1 is 0.909 bits per heavy atom. The molecule has 0 aromatic carbocycles. The number of rotatable bonds is 0. The summed E-state index contributed by atoms with van der Waals surface area (Å²) < 4.78 is 0. The van der Waals surface area contributed by atoms with E-state index in [1.54, 1.807) is 6.92 Å². The SMILES string of the molecule is CCO.O.O.O.O.O.O.[Cl][Gd]. The molecular formula is C2H18ClGdO7. The molecule has 0 aromatic rings. The van der Waals surface area contributed by atoms with Crippen LogP contribution in [0.3, 0.4) is 0 Å². The molecular weight excluding hydrogens is 329 g/mol. The second kappa shape index (κ2) is 222. The Morgan fingerprint density at radius 3 is 0.909 bits per heavy atom. The average Bonchev–Trinajstić information content (AvgIpc) is 1.46. The van der Waals surface area contributed by atoms with Crippen molar-refractivity contribution < 1.29 is 74.3 Å². The molecule has 0 radical (unpaired) electrons. The third-order valence-corrected chi connectivity index (χ3v) is 0. The van der Waals surface area contributed by atoms with Crippen LogP contribution in [0.4, 0.5) is 0 Å². The van der Waals surface area contributed by atoms with E-state index >= 15 is 0 Å². The first-order valence-electron chi connectivity index (χ1n) is 1.16. The van der Waals surface area contributed by atoms with Crippen molar-refractivity contribution in [3.63, 3.8) is 0 Å². The summed E-state index contributed by atoms with van der Waals surface area (Å²) in [6, 6.07) is 0. The van der Waals surface area contributed by atoms with Gasteiger partial charge in [0.25, 0.3) is 0 Å². The third-order valence-electron chi connectivity index (χ3n) is 0. The second-order valence-electron chi connectivity index (χ2n) is 0.316. The molecule has 0 amide bonds. The zero-order valence-electron chi connectivity index (χ0n) is 5.89. The van der Waals surface area contributed by atoms with Gasteiger partial charge >= 0.3 is 42.3 Å². The molecule has 11 heavy (non-hydrogen) atoms. The van der Waals surface area contributed by atoms with Crippen molar-refractivity contribution in [1.29, 1.82) is 0 Å². The molecule has 0 saturated heterocycles. The molecule has 0 bridgehead atoms. The predicted molar refractivity (Wildman–Crippen MR) is 40.3 cm³/mol. The maximum absolute atomic E-state index is 7.57. The van der Waals surface area contributed by atoms with E-state index in [4.69, 9.17) is 5.11 Å². The zero-order valence-corrected chi connectivity index (χ0v) is 8.91. The first-order chi connectivity index (χ1) is 2.41. The molecule has 9 heteroatoms. The quantitative estimate of drug-likeness (QED) is 0.453. The first kappa shape index (κ1) is 84.3. The molecule has 7 nitrogen and oxygen atoms in total. The molecule has 0 heterocycles. The number of hydrogen-bond acceptors (Lipinski definition) is 1. The number of hydrogen-bond donors (Lipinski definition) is 1. The van der Waals surface area contributed by atoms with Crippen LogP contribution in [0.5, 0.6) is 0 Å². The summed E-state index contributed by atoms with van der Waals surface area (Å²) in [5.74, 6) is 4.67. The normalized spacial score (nSPS) is 2.18. The summed E-state index contributed by atoms with van der Waals surface area (Å²) in [4.78, 5) is 0. The van der Waals surface area contributed by atoms with Crippen LogP contribution in [0.15, 0.2) is 0 Å². The van der Waals surface area contributed by atoms with Gasteiger partial charge in [0.2, 0.25) is 0 Å². The molecule has 0 aliphatic carbocycles. The van der Waals surface area contributed by atoms with Crippen LogP contribution in [0.2, 0.25) is 0 Å². The van der Waals surface area contributed by atoms with E-state index in [0.29, 0.717) is 0 Å². The van der Waals surface area contributed by atoms with Crippen molar-refractivity contribution in [2.24, 2.45) is 0 Å². The van der Waals surface area contributed by atoms with Crippen molar-refractivity contribution in [3.8, 4) is 0 Å². The van der Waals surface area contributed by atoms with E-state index in [1.807, 2.05) is 0 Å². The second-order valence-corrected chi connectivity index (χ2v) is 0.316. The van der Waals surface area contributed by atoms with Gasteiger partial charge in [0.15, 0.2) is 0 Å². The van der Waals surface area contributed by atoms with Crippen LogP contribution in [-0.4, -0.2) is 44.6 Å². The van der Waals surface area contributed by atoms with Crippen molar-refractivity contribution in [3.05, 3.63) is 0 Å². The molecule has 0 spiro atoms. The van der Waals surface area contributed by atoms with Gasteiger partial charge in [-0.15, -0.1) is 0 Å². The molecule has 0 saturated carbocycles. The molecule has 0 aliphatic rings. The van der Waals surface area contributed by atoms with Gasteiger partial charge in [-0.25, -0.2) is 0 Å². The molecule has 0 unspecified atom stereocenters. The van der Waals surface area contributed by atoms with E-state index < -0.39 is 0 Å². The summed E-state index contributed by atoms with van der Waals surface area (Å²) in [5.41, 5.74) is 0. The molecule has 13 N–H and O–H groups in total. The summed E-state index contributed by atoms with van der Waals surface area (Å²) in [5, 5.41) is 7.57. The third kappa shape index (κ3) is 554. The fraction of sp³-hybridized carbons (Fsp3) is 1.00. The van der Waals surface area contributed by atoms with Gasteiger partial charge in [0, 0.05) is 6.61 Å². The Labute approximate surface area is 93.1 Å². The Hall–Kier alpha value is 1.33. The molecule has 0 atom stereocenters. The van der Waals surface area contributed by atoms with Crippen molar-refractivity contribution in [2.45, 2.75) is 6.92 Å². The molecule has 0 fully saturated rings. The molecule has 0 aromatic heterocycles. The fourth-order valence-electron chi connectivity index (χ4n) is 0. The van der Waals surface area contributed by atoms with Gasteiger partial charge in [-0.2, -0.15) is 0 Å². The van der Waals surface area contributed by atoms with Gasteiger partial charge in [-0.05, 0) is 6.92 Å². The maximum atomic E-state index is 7.57. The summed E-state index contributed by atoms with van der Waals surface area (Å²) in [6.45, 7) is 1.93. The van der Waals surface area contributed by atoms with Gasteiger partial charge in [-0.3, -0.25) is 0 Å². The minimum atomic E-state index is 0. The topological polar surface area (TPSA) is 209 Å². The first-order valence-corrected chi connectivity index (χ1v) is 4.00. The van der Waals surface area contributed by atoms with Crippen molar-refractivity contribution >= 4 is 5.97 Å². The zero-order chi connectivity index (χ0) is 4.71. The summed E-state index contributed by atoms with van der Waals surface area (Å²) >= 11 is 1.33. The van der Waals surface area contributed by atoms with Crippen LogP contribution in [0, 0.1) is 36.4 Å². The number of aliphatic hydroxyl groups is 1. The van der Waals surface area contributed by atoms with E-state index in [-0.39, 0.29) is 39.5 Å². The summed E-state index contributed by atoms with van der Waals surface area (Å²) in [7, 11) is 0. The van der Waals surface area contributed by atoms with Gasteiger partial charge < -0.3 is 38.0 Å². The molecule has 83 valence electrons. The van der Waals surface area contributed by atoms with Crippen LogP contribution in [0.1, 0.15) is 6.92 Å².